The Balaban J connectivity index is 2.00. The summed E-state index contributed by atoms with van der Waals surface area (Å²) in [6.07, 6.45) is 1.60. The molecule has 0 aromatic heterocycles. The molecule has 9 nitrogen and oxygen atoms in total. The molecule has 176 valence electrons. The van der Waals surface area contributed by atoms with Gasteiger partial charge in [-0.15, -0.1) is 0 Å². The second-order valence-electron chi connectivity index (χ2n) is 6.94. The van der Waals surface area contributed by atoms with Crippen molar-refractivity contribution in [3.63, 3.8) is 0 Å². The Labute approximate surface area is 189 Å². The van der Waals surface area contributed by atoms with Crippen LogP contribution in [0.5, 0.6) is 23.0 Å². The van der Waals surface area contributed by atoms with Gasteiger partial charge in [0.2, 0.25) is 15.9 Å². The van der Waals surface area contributed by atoms with Crippen LogP contribution in [-0.4, -0.2) is 55.6 Å². The first-order valence-electron chi connectivity index (χ1n) is 9.90. The quantitative estimate of drug-likeness (QED) is 0.513. The summed E-state index contributed by atoms with van der Waals surface area (Å²) in [4.78, 5) is 12.3. The summed E-state index contributed by atoms with van der Waals surface area (Å²) in [6, 6.07) is 10.3. The smallest absolute Gasteiger partial charge is 0.232 e. The molecule has 0 radical (unpaired) electrons. The predicted molar refractivity (Wildman–Crippen MR) is 122 cm³/mol. The molecule has 0 atom stereocenters. The molecule has 0 aliphatic carbocycles. The summed E-state index contributed by atoms with van der Waals surface area (Å²) < 4.78 is 47.0. The molecule has 2 aromatic rings. The van der Waals surface area contributed by atoms with Gasteiger partial charge in [0.1, 0.15) is 11.5 Å². The van der Waals surface area contributed by atoms with Crippen molar-refractivity contribution in [1.82, 2.24) is 5.32 Å². The van der Waals surface area contributed by atoms with E-state index in [4.69, 9.17) is 18.9 Å². The van der Waals surface area contributed by atoms with E-state index in [0.29, 0.717) is 41.7 Å². The summed E-state index contributed by atoms with van der Waals surface area (Å²) in [5, 5.41) is 2.83. The Kier molecular flexibility index (Phi) is 9.01. The van der Waals surface area contributed by atoms with E-state index in [-0.39, 0.29) is 18.9 Å². The average molecular weight is 467 g/mol. The summed E-state index contributed by atoms with van der Waals surface area (Å²) >= 11 is 0. The van der Waals surface area contributed by atoms with Crippen LogP contribution < -0.4 is 28.6 Å². The SMILES string of the molecule is COc1ccc(OC)c(N(CCCC(=O)NCc2ccc(OC)c(OC)c2)S(C)(=O)=O)c1. The highest BCUT2D eigenvalue weighted by Gasteiger charge is 2.22. The van der Waals surface area contributed by atoms with Gasteiger partial charge in [0, 0.05) is 25.6 Å². The van der Waals surface area contributed by atoms with Gasteiger partial charge in [-0.1, -0.05) is 6.07 Å². The van der Waals surface area contributed by atoms with Crippen molar-refractivity contribution in [3.8, 4) is 23.0 Å². The average Bonchev–Trinajstić information content (AvgIpc) is 2.78. The lowest BCUT2D eigenvalue weighted by Gasteiger charge is -2.24. The van der Waals surface area contributed by atoms with Crippen molar-refractivity contribution in [1.29, 1.82) is 0 Å². The highest BCUT2D eigenvalue weighted by molar-refractivity contribution is 7.92. The molecule has 2 aromatic carbocycles. The van der Waals surface area contributed by atoms with Gasteiger partial charge in [-0.3, -0.25) is 9.10 Å². The molecular formula is C22H30N2O7S. The van der Waals surface area contributed by atoms with Crippen LogP contribution in [0.2, 0.25) is 0 Å². The number of carbonyl (C=O) groups excluding carboxylic acids is 1. The number of sulfonamides is 1. The molecule has 0 fully saturated rings. The summed E-state index contributed by atoms with van der Waals surface area (Å²) in [6.45, 7) is 0.435. The lowest BCUT2D eigenvalue weighted by Crippen LogP contribution is -2.32. The molecule has 10 heteroatoms. The van der Waals surface area contributed by atoms with E-state index in [1.807, 2.05) is 6.07 Å². The van der Waals surface area contributed by atoms with Gasteiger partial charge >= 0.3 is 0 Å². The second-order valence-corrected chi connectivity index (χ2v) is 8.85. The van der Waals surface area contributed by atoms with Crippen molar-refractivity contribution < 1.29 is 32.2 Å². The standard InChI is InChI=1S/C22H30N2O7S/c1-28-17-9-11-19(29-2)18(14-17)24(32(5,26)27)12-6-7-22(25)23-15-16-8-10-20(30-3)21(13-16)31-4/h8-11,13-14H,6-7,12,15H2,1-5H3,(H,23,25). The number of hydrogen-bond acceptors (Lipinski definition) is 7. The van der Waals surface area contributed by atoms with Crippen LogP contribution in [0.15, 0.2) is 36.4 Å². The van der Waals surface area contributed by atoms with Crippen molar-refractivity contribution in [2.24, 2.45) is 0 Å². The van der Waals surface area contributed by atoms with Gasteiger partial charge in [-0.2, -0.15) is 0 Å². The number of hydrogen-bond donors (Lipinski definition) is 1. The van der Waals surface area contributed by atoms with E-state index in [9.17, 15) is 13.2 Å². The number of methoxy groups -OCH3 is 4. The van der Waals surface area contributed by atoms with Crippen LogP contribution in [0.3, 0.4) is 0 Å². The predicted octanol–water partition coefficient (Wildman–Crippen LogP) is 2.58. The zero-order valence-electron chi connectivity index (χ0n) is 19.0. The first kappa shape index (κ1) is 25.1. The molecule has 0 spiro atoms. The first-order chi connectivity index (χ1) is 15.2. The number of nitrogens with one attached hydrogen (secondary N) is 1. The van der Waals surface area contributed by atoms with Crippen molar-refractivity contribution in [3.05, 3.63) is 42.0 Å². The number of rotatable bonds is 12. The Morgan fingerprint density at radius 3 is 2.16 bits per heavy atom. The molecule has 0 aliphatic rings. The van der Waals surface area contributed by atoms with Gasteiger partial charge in [0.25, 0.3) is 0 Å². The number of ether oxygens (including phenoxy) is 4. The Hall–Kier alpha value is -3.14. The molecular weight excluding hydrogens is 436 g/mol. The minimum absolute atomic E-state index is 0.117. The highest BCUT2D eigenvalue weighted by Crippen LogP contribution is 2.34. The number of amides is 1. The van der Waals surface area contributed by atoms with Gasteiger partial charge < -0.3 is 24.3 Å². The molecule has 1 amide bonds. The first-order valence-corrected chi connectivity index (χ1v) is 11.8. The molecule has 0 heterocycles. The number of nitrogens with zero attached hydrogens (tertiary/aromatic N) is 1. The Morgan fingerprint density at radius 2 is 1.56 bits per heavy atom. The van der Waals surface area contributed by atoms with E-state index in [1.165, 1.54) is 18.5 Å². The molecule has 1 N–H and O–H groups in total. The molecule has 0 aliphatic heterocycles. The molecule has 0 bridgehead atoms. The van der Waals surface area contributed by atoms with Crippen LogP contribution in [-0.2, 0) is 21.4 Å². The maximum Gasteiger partial charge on any atom is 0.232 e. The normalized spacial score (nSPS) is 10.9. The van der Waals surface area contributed by atoms with Crippen molar-refractivity contribution >= 4 is 21.6 Å². The molecule has 0 saturated heterocycles. The summed E-state index contributed by atoms with van der Waals surface area (Å²) in [5.41, 5.74) is 1.22. The lowest BCUT2D eigenvalue weighted by atomic mass is 10.2. The highest BCUT2D eigenvalue weighted by atomic mass is 32.2. The van der Waals surface area contributed by atoms with Crippen molar-refractivity contribution in [2.75, 3.05) is 45.5 Å². The fourth-order valence-electron chi connectivity index (χ4n) is 3.12. The molecule has 32 heavy (non-hydrogen) atoms. The molecule has 2 rings (SSSR count). The third-order valence-corrected chi connectivity index (χ3v) is 5.94. The van der Waals surface area contributed by atoms with Crippen LogP contribution in [0.1, 0.15) is 18.4 Å². The third kappa shape index (κ3) is 6.68. The topological polar surface area (TPSA) is 103 Å². The Morgan fingerprint density at radius 1 is 0.906 bits per heavy atom. The van der Waals surface area contributed by atoms with E-state index in [1.54, 1.807) is 44.6 Å². The lowest BCUT2D eigenvalue weighted by molar-refractivity contribution is -0.121. The second kappa shape index (κ2) is 11.5. The minimum atomic E-state index is -3.60. The van der Waals surface area contributed by atoms with Crippen molar-refractivity contribution in [2.45, 2.75) is 19.4 Å². The van der Waals surface area contributed by atoms with E-state index < -0.39 is 10.0 Å². The summed E-state index contributed by atoms with van der Waals surface area (Å²) in [5.74, 6) is 1.90. The molecule has 0 unspecified atom stereocenters. The van der Waals surface area contributed by atoms with E-state index >= 15 is 0 Å². The Bertz CT molecular complexity index is 1020. The monoisotopic (exact) mass is 466 g/mol. The van der Waals surface area contributed by atoms with Crippen LogP contribution >= 0.6 is 0 Å². The minimum Gasteiger partial charge on any atom is -0.497 e. The largest absolute Gasteiger partial charge is 0.497 e. The van der Waals surface area contributed by atoms with Crippen LogP contribution in [0.25, 0.3) is 0 Å². The molecule has 0 saturated carbocycles. The van der Waals surface area contributed by atoms with Gasteiger partial charge in [0.15, 0.2) is 11.5 Å². The van der Waals surface area contributed by atoms with Gasteiger partial charge in [-0.05, 0) is 36.2 Å². The maximum atomic E-state index is 12.4. The van der Waals surface area contributed by atoms with E-state index in [0.717, 1.165) is 11.8 Å². The van der Waals surface area contributed by atoms with Gasteiger partial charge in [0.05, 0.1) is 40.4 Å². The van der Waals surface area contributed by atoms with Gasteiger partial charge in [-0.25, -0.2) is 8.42 Å². The zero-order valence-corrected chi connectivity index (χ0v) is 19.8. The third-order valence-electron chi connectivity index (χ3n) is 4.76. The number of benzene rings is 2. The number of carbonyl (C=O) groups is 1. The maximum absolute atomic E-state index is 12.4. The van der Waals surface area contributed by atoms with Crippen LogP contribution in [0, 0.1) is 0 Å². The zero-order chi connectivity index (χ0) is 23.7. The fraction of sp³-hybridized carbons (Fsp3) is 0.409. The number of anilines is 1. The van der Waals surface area contributed by atoms with E-state index in [2.05, 4.69) is 5.32 Å². The fourth-order valence-corrected chi connectivity index (χ4v) is 4.08. The summed E-state index contributed by atoms with van der Waals surface area (Å²) in [7, 11) is 2.46. The van der Waals surface area contributed by atoms with Crippen LogP contribution in [0.4, 0.5) is 5.69 Å².